The molecule has 1 atom stereocenters. The van der Waals surface area contributed by atoms with Crippen LogP contribution in [-0.2, 0) is 4.79 Å². The summed E-state index contributed by atoms with van der Waals surface area (Å²) < 4.78 is 1.60. The van der Waals surface area contributed by atoms with E-state index in [1.165, 1.54) is 6.33 Å². The summed E-state index contributed by atoms with van der Waals surface area (Å²) in [5, 5.41) is 23.7. The first-order valence-electron chi connectivity index (χ1n) is 8.20. The van der Waals surface area contributed by atoms with Crippen LogP contribution < -0.4 is 0 Å². The molecule has 0 bridgehead atoms. The van der Waals surface area contributed by atoms with Crippen molar-refractivity contribution in [1.29, 1.82) is 5.26 Å². The highest BCUT2D eigenvalue weighted by Crippen LogP contribution is 2.28. The van der Waals surface area contributed by atoms with Gasteiger partial charge in [0.1, 0.15) is 12.0 Å². The van der Waals surface area contributed by atoms with E-state index in [4.69, 9.17) is 5.26 Å². The van der Waals surface area contributed by atoms with Gasteiger partial charge < -0.3 is 10.1 Å². The molecule has 0 radical (unpaired) electrons. The minimum Gasteiger partial charge on any atom is -0.481 e. The first kappa shape index (κ1) is 16.5. The number of nitrogens with zero attached hydrogens (tertiary/aromatic N) is 5. The molecule has 3 aromatic heterocycles. The van der Waals surface area contributed by atoms with Crippen molar-refractivity contribution in [3.05, 3.63) is 66.4 Å². The molecule has 0 amide bonds. The number of carboxylic acid groups (broad SMARTS) is 1. The topological polar surface area (TPSA) is 120 Å². The quantitative estimate of drug-likeness (QED) is 0.566. The Morgan fingerprint density at radius 2 is 2.22 bits per heavy atom. The third-order valence-corrected chi connectivity index (χ3v) is 4.32. The van der Waals surface area contributed by atoms with Crippen molar-refractivity contribution in [2.75, 3.05) is 0 Å². The zero-order chi connectivity index (χ0) is 18.8. The van der Waals surface area contributed by atoms with Crippen LogP contribution in [0.4, 0.5) is 0 Å². The maximum absolute atomic E-state index is 11.4. The van der Waals surface area contributed by atoms with Crippen LogP contribution in [-0.4, -0.2) is 35.8 Å². The largest absolute Gasteiger partial charge is 0.481 e. The van der Waals surface area contributed by atoms with Gasteiger partial charge in [0.15, 0.2) is 0 Å². The molecule has 0 saturated heterocycles. The molecular formula is C19H14N6O2. The molecule has 27 heavy (non-hydrogen) atoms. The maximum atomic E-state index is 11.4. The van der Waals surface area contributed by atoms with Crippen LogP contribution in [0.1, 0.15) is 23.6 Å². The van der Waals surface area contributed by atoms with Crippen molar-refractivity contribution >= 4 is 17.0 Å². The molecular weight excluding hydrogens is 344 g/mol. The zero-order valence-electron chi connectivity index (χ0n) is 14.1. The van der Waals surface area contributed by atoms with Crippen LogP contribution in [0, 0.1) is 11.3 Å². The Morgan fingerprint density at radius 1 is 1.33 bits per heavy atom. The number of hydrogen-bond acceptors (Lipinski definition) is 5. The summed E-state index contributed by atoms with van der Waals surface area (Å²) >= 11 is 0. The number of carboxylic acids is 1. The summed E-state index contributed by atoms with van der Waals surface area (Å²) in [6, 6.07) is 10.3. The number of aromatic nitrogens is 5. The van der Waals surface area contributed by atoms with Gasteiger partial charge in [-0.3, -0.25) is 9.48 Å². The minimum absolute atomic E-state index is 0.153. The zero-order valence-corrected chi connectivity index (χ0v) is 14.1. The SMILES string of the molecule is N#Cc1cccc(C(CC(=O)O)n2cc(-c3ncnc4[nH]ccc34)cn2)c1. The molecule has 0 fully saturated rings. The third kappa shape index (κ3) is 3.14. The van der Waals surface area contributed by atoms with Crippen LogP contribution in [0.5, 0.6) is 0 Å². The number of hydrogen-bond donors (Lipinski definition) is 2. The van der Waals surface area contributed by atoms with E-state index < -0.39 is 12.0 Å². The molecule has 0 aliphatic carbocycles. The van der Waals surface area contributed by atoms with E-state index in [0.717, 1.165) is 16.6 Å². The summed E-state index contributed by atoms with van der Waals surface area (Å²) in [4.78, 5) is 22.9. The Balaban J connectivity index is 1.77. The second-order valence-electron chi connectivity index (χ2n) is 6.02. The van der Waals surface area contributed by atoms with E-state index in [2.05, 4.69) is 26.1 Å². The molecule has 8 nitrogen and oxygen atoms in total. The Morgan fingerprint density at radius 3 is 3.04 bits per heavy atom. The van der Waals surface area contributed by atoms with Gasteiger partial charge in [0, 0.05) is 23.3 Å². The molecule has 0 saturated carbocycles. The number of aliphatic carboxylic acids is 1. The standard InChI is InChI=1S/C19H14N6O2/c20-8-12-2-1-3-13(6-12)16(7-17(26)27)25-10-14(9-24-25)18-15-4-5-21-19(15)23-11-22-18/h1-6,9-11,16H,7H2,(H,26,27)(H,21,22,23). The van der Waals surface area contributed by atoms with Crippen molar-refractivity contribution in [3.8, 4) is 17.3 Å². The van der Waals surface area contributed by atoms with E-state index in [1.807, 2.05) is 6.07 Å². The first-order valence-corrected chi connectivity index (χ1v) is 8.20. The number of carbonyl (C=O) groups is 1. The predicted molar refractivity (Wildman–Crippen MR) is 96.7 cm³/mol. The Bertz CT molecular complexity index is 1170. The van der Waals surface area contributed by atoms with Crippen molar-refractivity contribution in [3.63, 3.8) is 0 Å². The van der Waals surface area contributed by atoms with Crippen LogP contribution in [0.25, 0.3) is 22.3 Å². The lowest BCUT2D eigenvalue weighted by atomic mass is 10.0. The highest BCUT2D eigenvalue weighted by Gasteiger charge is 2.20. The van der Waals surface area contributed by atoms with E-state index in [1.54, 1.807) is 47.5 Å². The summed E-state index contributed by atoms with van der Waals surface area (Å²) in [7, 11) is 0. The Kier molecular flexibility index (Phi) is 4.10. The van der Waals surface area contributed by atoms with Gasteiger partial charge >= 0.3 is 5.97 Å². The van der Waals surface area contributed by atoms with E-state index in [-0.39, 0.29) is 6.42 Å². The molecule has 0 aliphatic rings. The van der Waals surface area contributed by atoms with Gasteiger partial charge in [0.2, 0.25) is 0 Å². The lowest BCUT2D eigenvalue weighted by Crippen LogP contribution is -2.15. The first-order chi connectivity index (χ1) is 13.2. The second kappa shape index (κ2) is 6.72. The molecule has 3 heterocycles. The molecule has 2 N–H and O–H groups in total. The van der Waals surface area contributed by atoms with Gasteiger partial charge in [-0.2, -0.15) is 10.4 Å². The summed E-state index contributed by atoms with van der Waals surface area (Å²) in [5.41, 5.74) is 3.37. The van der Waals surface area contributed by atoms with Crippen molar-refractivity contribution in [2.45, 2.75) is 12.5 Å². The van der Waals surface area contributed by atoms with Gasteiger partial charge in [-0.05, 0) is 23.8 Å². The van der Waals surface area contributed by atoms with E-state index >= 15 is 0 Å². The number of nitrogens with one attached hydrogen (secondary N) is 1. The Labute approximate surface area is 153 Å². The number of aromatic amines is 1. The average Bonchev–Trinajstić information content (AvgIpc) is 3.35. The van der Waals surface area contributed by atoms with Crippen molar-refractivity contribution in [2.24, 2.45) is 0 Å². The summed E-state index contributed by atoms with van der Waals surface area (Å²) in [5.74, 6) is -0.950. The molecule has 132 valence electrons. The molecule has 1 unspecified atom stereocenters. The van der Waals surface area contributed by atoms with Crippen LogP contribution in [0.2, 0.25) is 0 Å². The van der Waals surface area contributed by atoms with E-state index in [9.17, 15) is 9.90 Å². The van der Waals surface area contributed by atoms with Gasteiger partial charge in [-0.1, -0.05) is 12.1 Å². The van der Waals surface area contributed by atoms with Gasteiger partial charge in [-0.25, -0.2) is 9.97 Å². The molecule has 0 aliphatic heterocycles. The predicted octanol–water partition coefficient (Wildman–Crippen LogP) is 2.76. The van der Waals surface area contributed by atoms with Crippen molar-refractivity contribution in [1.82, 2.24) is 24.7 Å². The molecule has 4 aromatic rings. The van der Waals surface area contributed by atoms with Gasteiger partial charge in [0.05, 0.1) is 36.0 Å². The number of nitriles is 1. The van der Waals surface area contributed by atoms with Gasteiger partial charge in [-0.15, -0.1) is 0 Å². The second-order valence-corrected chi connectivity index (χ2v) is 6.02. The highest BCUT2D eigenvalue weighted by molar-refractivity contribution is 5.90. The normalized spacial score (nSPS) is 12.0. The summed E-state index contributed by atoms with van der Waals surface area (Å²) in [6.07, 6.45) is 6.52. The fourth-order valence-corrected chi connectivity index (χ4v) is 3.08. The molecule has 4 rings (SSSR count). The number of benzene rings is 1. The third-order valence-electron chi connectivity index (χ3n) is 4.32. The number of H-pyrrole nitrogens is 1. The average molecular weight is 358 g/mol. The van der Waals surface area contributed by atoms with Crippen LogP contribution in [0.3, 0.4) is 0 Å². The van der Waals surface area contributed by atoms with Crippen molar-refractivity contribution < 1.29 is 9.90 Å². The van der Waals surface area contributed by atoms with Gasteiger partial charge in [0.25, 0.3) is 0 Å². The maximum Gasteiger partial charge on any atom is 0.305 e. The fraction of sp³-hybridized carbons (Fsp3) is 0.105. The monoisotopic (exact) mass is 358 g/mol. The minimum atomic E-state index is -0.950. The summed E-state index contributed by atoms with van der Waals surface area (Å²) in [6.45, 7) is 0. The lowest BCUT2D eigenvalue weighted by molar-refractivity contribution is -0.137. The molecule has 0 spiro atoms. The number of rotatable bonds is 5. The fourth-order valence-electron chi connectivity index (χ4n) is 3.08. The Hall–Kier alpha value is -3.99. The smallest absolute Gasteiger partial charge is 0.305 e. The molecule has 8 heteroatoms. The van der Waals surface area contributed by atoms with Crippen LogP contribution in [0.15, 0.2) is 55.2 Å². The van der Waals surface area contributed by atoms with E-state index in [0.29, 0.717) is 16.8 Å². The number of fused-ring (bicyclic) bond motifs is 1. The lowest BCUT2D eigenvalue weighted by Gasteiger charge is -2.16. The molecule has 1 aromatic carbocycles. The highest BCUT2D eigenvalue weighted by atomic mass is 16.4. The van der Waals surface area contributed by atoms with Crippen LogP contribution >= 0.6 is 0 Å².